The minimum absolute atomic E-state index is 0.00265. The van der Waals surface area contributed by atoms with E-state index in [1.807, 2.05) is 13.8 Å². The summed E-state index contributed by atoms with van der Waals surface area (Å²) >= 11 is 0. The van der Waals surface area contributed by atoms with Gasteiger partial charge in [0.25, 0.3) is 5.78 Å². The Morgan fingerprint density at radius 2 is 2.05 bits per heavy atom. The number of benzene rings is 1. The topological polar surface area (TPSA) is 81.2 Å². The Morgan fingerprint density at radius 1 is 1.35 bits per heavy atom. The number of ketones is 1. The maximum absolute atomic E-state index is 11.8. The number of fused-ring (bicyclic) bond motifs is 1. The molecular formula is C14H16N2O4. The number of carbonyl (C=O) groups excluding carboxylic acids is 2. The van der Waals surface area contributed by atoms with Crippen molar-refractivity contribution in [2.75, 3.05) is 6.61 Å². The zero-order valence-electron chi connectivity index (χ0n) is 11.6. The van der Waals surface area contributed by atoms with E-state index in [2.05, 4.69) is 9.72 Å². The van der Waals surface area contributed by atoms with Crippen LogP contribution in [0.15, 0.2) is 23.0 Å². The monoisotopic (exact) mass is 276 g/mol. The summed E-state index contributed by atoms with van der Waals surface area (Å²) in [6.07, 6.45) is 0. The van der Waals surface area contributed by atoms with Crippen LogP contribution in [-0.4, -0.2) is 27.9 Å². The van der Waals surface area contributed by atoms with Crippen LogP contribution in [-0.2, 0) is 9.53 Å². The molecule has 1 aromatic heterocycles. The van der Waals surface area contributed by atoms with E-state index in [0.717, 1.165) is 0 Å². The van der Waals surface area contributed by atoms with Gasteiger partial charge in [-0.25, -0.2) is 9.59 Å². The van der Waals surface area contributed by atoms with Crippen molar-refractivity contribution in [3.05, 3.63) is 34.2 Å². The molecule has 0 aliphatic carbocycles. The highest BCUT2D eigenvalue weighted by molar-refractivity contribution is 6.40. The first-order valence-corrected chi connectivity index (χ1v) is 6.41. The summed E-state index contributed by atoms with van der Waals surface area (Å²) < 4.78 is 6.26. The molecule has 0 bridgehead atoms. The smallest absolute Gasteiger partial charge is 0.379 e. The molecule has 1 heterocycles. The highest BCUT2D eigenvalue weighted by Gasteiger charge is 2.19. The van der Waals surface area contributed by atoms with Crippen LogP contribution in [0.5, 0.6) is 0 Å². The summed E-state index contributed by atoms with van der Waals surface area (Å²) in [5, 5.41) is 0. The Bertz CT molecular complexity index is 724. The van der Waals surface area contributed by atoms with Gasteiger partial charge in [0.15, 0.2) is 0 Å². The van der Waals surface area contributed by atoms with Gasteiger partial charge in [-0.2, -0.15) is 0 Å². The fraction of sp³-hybridized carbons (Fsp3) is 0.357. The Labute approximate surface area is 115 Å². The molecule has 0 aliphatic heterocycles. The molecule has 0 atom stereocenters. The molecule has 0 spiro atoms. The standard InChI is InChI=1S/C14H16N2O4/c1-4-20-13(18)12(17)9-5-6-11-10(7-9)15-14(19)16(11)8(2)3/h5-8H,4H2,1-3H3,(H,15,19). The minimum Gasteiger partial charge on any atom is -0.460 e. The molecule has 1 N–H and O–H groups in total. The number of aromatic nitrogens is 2. The van der Waals surface area contributed by atoms with E-state index >= 15 is 0 Å². The van der Waals surface area contributed by atoms with Gasteiger partial charge in [0.2, 0.25) is 0 Å². The zero-order chi connectivity index (χ0) is 14.9. The molecule has 1 aromatic carbocycles. The molecule has 0 radical (unpaired) electrons. The average Bonchev–Trinajstić information content (AvgIpc) is 2.72. The van der Waals surface area contributed by atoms with Crippen molar-refractivity contribution in [3.63, 3.8) is 0 Å². The van der Waals surface area contributed by atoms with E-state index in [1.165, 1.54) is 12.1 Å². The number of esters is 1. The second kappa shape index (κ2) is 5.32. The molecule has 20 heavy (non-hydrogen) atoms. The normalized spacial score (nSPS) is 11.0. The SMILES string of the molecule is CCOC(=O)C(=O)c1ccc2c(c1)[nH]c(=O)n2C(C)C. The first-order valence-electron chi connectivity index (χ1n) is 6.41. The number of carbonyl (C=O) groups is 2. The van der Waals surface area contributed by atoms with Crippen LogP contribution in [0.3, 0.4) is 0 Å². The quantitative estimate of drug-likeness (QED) is 0.523. The van der Waals surface area contributed by atoms with Crippen molar-refractivity contribution >= 4 is 22.8 Å². The zero-order valence-corrected chi connectivity index (χ0v) is 11.6. The van der Waals surface area contributed by atoms with Crippen LogP contribution < -0.4 is 5.69 Å². The van der Waals surface area contributed by atoms with Gasteiger partial charge in [-0.05, 0) is 39.0 Å². The predicted octanol–water partition coefficient (Wildman–Crippen LogP) is 1.66. The van der Waals surface area contributed by atoms with Crippen LogP contribution in [0.2, 0.25) is 0 Å². The van der Waals surface area contributed by atoms with Gasteiger partial charge < -0.3 is 9.72 Å². The number of hydrogen-bond acceptors (Lipinski definition) is 4. The number of ether oxygens (including phenoxy) is 1. The number of rotatable bonds is 4. The molecule has 0 unspecified atom stereocenters. The molecule has 6 heteroatoms. The molecule has 2 aromatic rings. The summed E-state index contributed by atoms with van der Waals surface area (Å²) in [7, 11) is 0. The van der Waals surface area contributed by atoms with Crippen molar-refractivity contribution in [3.8, 4) is 0 Å². The number of imidazole rings is 1. The summed E-state index contributed by atoms with van der Waals surface area (Å²) in [6.45, 7) is 5.57. The predicted molar refractivity (Wildman–Crippen MR) is 73.9 cm³/mol. The van der Waals surface area contributed by atoms with Gasteiger partial charge >= 0.3 is 11.7 Å². The first kappa shape index (κ1) is 14.0. The average molecular weight is 276 g/mol. The van der Waals surface area contributed by atoms with Gasteiger partial charge in [0.05, 0.1) is 17.6 Å². The van der Waals surface area contributed by atoms with E-state index in [4.69, 9.17) is 0 Å². The van der Waals surface area contributed by atoms with Crippen molar-refractivity contribution in [1.82, 2.24) is 9.55 Å². The molecule has 0 saturated carbocycles. The lowest BCUT2D eigenvalue weighted by Gasteiger charge is -2.07. The fourth-order valence-electron chi connectivity index (χ4n) is 2.10. The number of nitrogens with one attached hydrogen (secondary N) is 1. The highest BCUT2D eigenvalue weighted by Crippen LogP contribution is 2.17. The summed E-state index contributed by atoms with van der Waals surface area (Å²) in [5.74, 6) is -1.61. The van der Waals surface area contributed by atoms with Crippen molar-refractivity contribution in [2.45, 2.75) is 26.8 Å². The van der Waals surface area contributed by atoms with Crippen LogP contribution in [0, 0.1) is 0 Å². The van der Waals surface area contributed by atoms with E-state index < -0.39 is 11.8 Å². The van der Waals surface area contributed by atoms with Crippen molar-refractivity contribution < 1.29 is 14.3 Å². The Balaban J connectivity index is 2.48. The molecule has 0 fully saturated rings. The van der Waals surface area contributed by atoms with E-state index in [9.17, 15) is 14.4 Å². The Morgan fingerprint density at radius 3 is 2.65 bits per heavy atom. The second-order valence-corrected chi connectivity index (χ2v) is 4.68. The third-order valence-electron chi connectivity index (χ3n) is 2.96. The maximum atomic E-state index is 11.8. The molecule has 0 amide bonds. The van der Waals surface area contributed by atoms with Gasteiger partial charge in [0, 0.05) is 11.6 Å². The van der Waals surface area contributed by atoms with Crippen LogP contribution >= 0.6 is 0 Å². The summed E-state index contributed by atoms with van der Waals surface area (Å²) in [5.41, 5.74) is 1.19. The number of hydrogen-bond donors (Lipinski definition) is 1. The summed E-state index contributed by atoms with van der Waals surface area (Å²) in [6, 6.07) is 4.67. The van der Waals surface area contributed by atoms with E-state index in [1.54, 1.807) is 17.6 Å². The van der Waals surface area contributed by atoms with Crippen LogP contribution in [0.25, 0.3) is 11.0 Å². The molecule has 6 nitrogen and oxygen atoms in total. The lowest BCUT2D eigenvalue weighted by molar-refractivity contribution is -0.137. The van der Waals surface area contributed by atoms with Crippen LogP contribution in [0.4, 0.5) is 0 Å². The maximum Gasteiger partial charge on any atom is 0.379 e. The molecule has 2 rings (SSSR count). The molecular weight excluding hydrogens is 260 g/mol. The van der Waals surface area contributed by atoms with Crippen LogP contribution in [0.1, 0.15) is 37.2 Å². The minimum atomic E-state index is -0.891. The number of aromatic amines is 1. The second-order valence-electron chi connectivity index (χ2n) is 4.68. The summed E-state index contributed by atoms with van der Waals surface area (Å²) in [4.78, 5) is 37.7. The lowest BCUT2D eigenvalue weighted by atomic mass is 10.1. The van der Waals surface area contributed by atoms with Gasteiger partial charge in [-0.3, -0.25) is 9.36 Å². The molecule has 0 aliphatic rings. The number of nitrogens with zero attached hydrogens (tertiary/aromatic N) is 1. The van der Waals surface area contributed by atoms with Crippen molar-refractivity contribution in [2.24, 2.45) is 0 Å². The van der Waals surface area contributed by atoms with Gasteiger partial charge in [-0.1, -0.05) is 0 Å². The van der Waals surface area contributed by atoms with E-state index in [0.29, 0.717) is 11.0 Å². The third-order valence-corrected chi connectivity index (χ3v) is 2.96. The molecule has 0 saturated heterocycles. The Hall–Kier alpha value is -2.37. The Kier molecular flexibility index (Phi) is 3.74. The number of H-pyrrole nitrogens is 1. The first-order chi connectivity index (χ1) is 9.45. The highest BCUT2D eigenvalue weighted by atomic mass is 16.5. The van der Waals surface area contributed by atoms with Gasteiger partial charge in [0.1, 0.15) is 0 Å². The third kappa shape index (κ3) is 2.36. The lowest BCUT2D eigenvalue weighted by Crippen LogP contribution is -2.18. The van der Waals surface area contributed by atoms with E-state index in [-0.39, 0.29) is 23.9 Å². The van der Waals surface area contributed by atoms with Crippen molar-refractivity contribution in [1.29, 1.82) is 0 Å². The number of Topliss-reactive ketones (excluding diaryl/α,β-unsaturated/α-hetero) is 1. The molecule has 106 valence electrons. The van der Waals surface area contributed by atoms with Gasteiger partial charge in [-0.15, -0.1) is 0 Å². The fourth-order valence-corrected chi connectivity index (χ4v) is 2.10. The largest absolute Gasteiger partial charge is 0.460 e.